The number of hydrogen-bond donors (Lipinski definition) is 0. The first-order chi connectivity index (χ1) is 10.7. The van der Waals surface area contributed by atoms with E-state index in [-0.39, 0.29) is 0 Å². The summed E-state index contributed by atoms with van der Waals surface area (Å²) in [7, 11) is 0. The molecule has 1 heteroatoms. The first-order valence-corrected chi connectivity index (χ1v) is 12.1. The molecule has 0 aromatic rings. The van der Waals surface area contributed by atoms with Crippen LogP contribution in [0.15, 0.2) is 45.6 Å². The molecule has 0 nitrogen and oxygen atoms in total. The maximum atomic E-state index is 2.67. The normalized spacial score (nSPS) is 35.2. The van der Waals surface area contributed by atoms with Crippen LogP contribution in [0, 0.1) is 5.41 Å². The molecule has 1 fully saturated rings. The summed E-state index contributed by atoms with van der Waals surface area (Å²) in [4.78, 5) is 0. The summed E-state index contributed by atoms with van der Waals surface area (Å²) in [6, 6.07) is 0. The molecule has 0 amide bonds. The van der Waals surface area contributed by atoms with E-state index < -0.39 is 23.2 Å². The SMILES string of the molecule is CC1(C)C2=CC3=C(CCCC3)[CH]2[Zr][CH]2C1=CC1=C2CCCC1. The van der Waals surface area contributed by atoms with Crippen molar-refractivity contribution >= 4 is 0 Å². The molecule has 1 saturated heterocycles. The molecular weight excluding hydrogens is 343 g/mol. The summed E-state index contributed by atoms with van der Waals surface area (Å²) in [6.45, 7) is 5.08. The Morgan fingerprint density at radius 1 is 0.773 bits per heavy atom. The van der Waals surface area contributed by atoms with Crippen molar-refractivity contribution in [2.75, 3.05) is 0 Å². The summed E-state index contributed by atoms with van der Waals surface area (Å²) in [5, 5.41) is 0. The Balaban J connectivity index is 1.59. The van der Waals surface area contributed by atoms with Gasteiger partial charge in [0.1, 0.15) is 0 Å². The average molecular weight is 370 g/mol. The molecule has 0 bridgehead atoms. The Hall–Kier alpha value is -0.157. The Labute approximate surface area is 146 Å². The van der Waals surface area contributed by atoms with Crippen molar-refractivity contribution in [1.82, 2.24) is 0 Å². The number of rotatable bonds is 0. The topological polar surface area (TPSA) is 0 Å². The van der Waals surface area contributed by atoms with Gasteiger partial charge in [0.05, 0.1) is 0 Å². The molecule has 0 saturated carbocycles. The van der Waals surface area contributed by atoms with E-state index in [0.717, 1.165) is 7.25 Å². The van der Waals surface area contributed by atoms with E-state index in [2.05, 4.69) is 26.0 Å². The van der Waals surface area contributed by atoms with E-state index in [9.17, 15) is 0 Å². The van der Waals surface area contributed by atoms with Crippen LogP contribution >= 0.6 is 0 Å². The molecule has 114 valence electrons. The molecule has 1 aliphatic heterocycles. The molecule has 1 heterocycles. The van der Waals surface area contributed by atoms with Gasteiger partial charge in [-0.1, -0.05) is 0 Å². The van der Waals surface area contributed by atoms with Gasteiger partial charge in [-0.2, -0.15) is 0 Å². The molecule has 2 unspecified atom stereocenters. The molecule has 0 aromatic carbocycles. The van der Waals surface area contributed by atoms with Crippen molar-refractivity contribution in [2.45, 2.75) is 72.5 Å². The van der Waals surface area contributed by atoms with Crippen molar-refractivity contribution in [3.05, 3.63) is 45.6 Å². The predicted molar refractivity (Wildman–Crippen MR) is 88.4 cm³/mol. The summed E-state index contributed by atoms with van der Waals surface area (Å²) in [5.74, 6) is 0. The third-order valence-corrected chi connectivity index (χ3v) is 11.7. The van der Waals surface area contributed by atoms with Crippen LogP contribution in [0.4, 0.5) is 0 Å². The van der Waals surface area contributed by atoms with E-state index in [1.807, 2.05) is 22.3 Å². The second-order valence-corrected chi connectivity index (χ2v) is 12.0. The van der Waals surface area contributed by atoms with Gasteiger partial charge in [-0.05, 0) is 0 Å². The Morgan fingerprint density at radius 2 is 1.23 bits per heavy atom. The fourth-order valence-corrected chi connectivity index (χ4v) is 12.1. The molecule has 0 N–H and O–H groups in total. The third-order valence-electron chi connectivity index (χ3n) is 6.86. The summed E-state index contributed by atoms with van der Waals surface area (Å²) in [5.41, 5.74) is 11.4. The molecular formula is C21H26Zr. The van der Waals surface area contributed by atoms with Crippen LogP contribution in [0.5, 0.6) is 0 Å². The Bertz CT molecular complexity index is 612. The van der Waals surface area contributed by atoms with Crippen LogP contribution in [0.25, 0.3) is 0 Å². The van der Waals surface area contributed by atoms with Gasteiger partial charge in [-0.3, -0.25) is 0 Å². The van der Waals surface area contributed by atoms with Crippen molar-refractivity contribution in [2.24, 2.45) is 5.41 Å². The van der Waals surface area contributed by atoms with E-state index in [1.165, 1.54) is 51.4 Å². The van der Waals surface area contributed by atoms with E-state index in [4.69, 9.17) is 0 Å². The van der Waals surface area contributed by atoms with Gasteiger partial charge in [-0.25, -0.2) is 0 Å². The van der Waals surface area contributed by atoms with E-state index in [1.54, 1.807) is 11.1 Å². The fourth-order valence-electron chi connectivity index (χ4n) is 5.61. The number of allylic oxidation sites excluding steroid dienone is 8. The van der Waals surface area contributed by atoms with Crippen molar-refractivity contribution in [3.8, 4) is 0 Å². The monoisotopic (exact) mass is 368 g/mol. The number of hydrogen-bond acceptors (Lipinski definition) is 0. The molecule has 2 atom stereocenters. The second kappa shape index (κ2) is 4.92. The average Bonchev–Trinajstić information content (AvgIpc) is 3.08. The van der Waals surface area contributed by atoms with Crippen LogP contribution in [0.1, 0.15) is 65.2 Å². The van der Waals surface area contributed by atoms with Crippen molar-refractivity contribution < 1.29 is 23.2 Å². The molecule has 5 rings (SSSR count). The van der Waals surface area contributed by atoms with E-state index >= 15 is 0 Å². The Kier molecular flexibility index (Phi) is 3.18. The van der Waals surface area contributed by atoms with Gasteiger partial charge in [0.25, 0.3) is 0 Å². The van der Waals surface area contributed by atoms with Gasteiger partial charge in [-0.15, -0.1) is 0 Å². The van der Waals surface area contributed by atoms with Gasteiger partial charge in [0.2, 0.25) is 0 Å². The molecule has 5 aliphatic rings. The van der Waals surface area contributed by atoms with Gasteiger partial charge in [0, 0.05) is 0 Å². The standard InChI is InChI=1S/C21H26.Zr/c1-21(2,19-11-15-7-3-4-8-16(15)12-19)20-13-17-9-5-6-10-18(17)14-20;/h11-14H,3-10H2,1-2H3;. The maximum absolute atomic E-state index is 2.67. The zero-order valence-electron chi connectivity index (χ0n) is 14.0. The van der Waals surface area contributed by atoms with Crippen LogP contribution in [0.2, 0.25) is 7.25 Å². The summed E-state index contributed by atoms with van der Waals surface area (Å²) in [6.07, 6.45) is 16.7. The Morgan fingerprint density at radius 3 is 1.73 bits per heavy atom. The van der Waals surface area contributed by atoms with Crippen molar-refractivity contribution in [3.63, 3.8) is 0 Å². The van der Waals surface area contributed by atoms with Crippen LogP contribution in [-0.2, 0) is 23.2 Å². The van der Waals surface area contributed by atoms with E-state index in [0.29, 0.717) is 5.41 Å². The van der Waals surface area contributed by atoms with Crippen LogP contribution < -0.4 is 0 Å². The molecule has 0 radical (unpaired) electrons. The zero-order chi connectivity index (χ0) is 14.9. The first-order valence-electron chi connectivity index (χ1n) is 9.30. The third kappa shape index (κ3) is 1.84. The molecule has 0 aromatic heterocycles. The van der Waals surface area contributed by atoms with Gasteiger partial charge < -0.3 is 0 Å². The van der Waals surface area contributed by atoms with Gasteiger partial charge >= 0.3 is 147 Å². The molecule has 4 aliphatic carbocycles. The minimum atomic E-state index is -0.419. The summed E-state index contributed by atoms with van der Waals surface area (Å²) < 4.78 is 1.93. The van der Waals surface area contributed by atoms with Crippen LogP contribution in [0.3, 0.4) is 0 Å². The zero-order valence-corrected chi connectivity index (χ0v) is 16.4. The quantitative estimate of drug-likeness (QED) is 0.469. The molecule has 0 spiro atoms. The molecule has 22 heavy (non-hydrogen) atoms. The van der Waals surface area contributed by atoms with Crippen molar-refractivity contribution in [1.29, 1.82) is 0 Å². The summed E-state index contributed by atoms with van der Waals surface area (Å²) >= 11 is -0.419. The second-order valence-electron chi connectivity index (χ2n) is 8.37. The van der Waals surface area contributed by atoms with Gasteiger partial charge in [0.15, 0.2) is 0 Å². The predicted octanol–water partition coefficient (Wildman–Crippen LogP) is 6.31. The fraction of sp³-hybridized carbons (Fsp3) is 0.619. The van der Waals surface area contributed by atoms with Crippen LogP contribution in [-0.4, -0.2) is 0 Å². The number of fused-ring (bicyclic) bond motifs is 4. The minimum absolute atomic E-state index is 0.336. The first kappa shape index (κ1) is 14.2.